The number of aliphatic carboxylic acids is 1. The lowest BCUT2D eigenvalue weighted by Crippen LogP contribution is -2.07. The highest BCUT2D eigenvalue weighted by Gasteiger charge is 2.26. The van der Waals surface area contributed by atoms with E-state index in [0.29, 0.717) is 17.1 Å². The molecule has 1 aliphatic heterocycles. The number of carboxylic acids is 1. The van der Waals surface area contributed by atoms with Gasteiger partial charge in [-0.3, -0.25) is 4.79 Å². The summed E-state index contributed by atoms with van der Waals surface area (Å²) in [6.45, 7) is 0. The highest BCUT2D eigenvalue weighted by Crippen LogP contribution is 2.41. The van der Waals surface area contributed by atoms with Crippen LogP contribution in [0.3, 0.4) is 0 Å². The highest BCUT2D eigenvalue weighted by atomic mass is 16.7. The fraction of sp³-hybridized carbons (Fsp3) is 0.188. The molecule has 0 amide bonds. The van der Waals surface area contributed by atoms with Gasteiger partial charge in [0, 0.05) is 5.56 Å². The smallest absolute Gasteiger partial charge is 0.307 e. The van der Waals surface area contributed by atoms with E-state index >= 15 is 0 Å². The molecule has 2 aromatic rings. The fourth-order valence-corrected chi connectivity index (χ4v) is 2.21. The summed E-state index contributed by atoms with van der Waals surface area (Å²) < 4.78 is 16.6. The maximum atomic E-state index is 10.7. The molecule has 0 radical (unpaired) electrons. The second-order valence-corrected chi connectivity index (χ2v) is 4.70. The Morgan fingerprint density at radius 3 is 2.76 bits per heavy atom. The van der Waals surface area contributed by atoms with Crippen molar-refractivity contribution in [3.63, 3.8) is 0 Å². The summed E-state index contributed by atoms with van der Waals surface area (Å²) >= 11 is 0. The summed E-state index contributed by atoms with van der Waals surface area (Å²) in [5.41, 5.74) is 1.52. The highest BCUT2D eigenvalue weighted by molar-refractivity contribution is 5.70. The van der Waals surface area contributed by atoms with Crippen LogP contribution in [0.2, 0.25) is 0 Å². The van der Waals surface area contributed by atoms with Gasteiger partial charge in [0.1, 0.15) is 5.75 Å². The van der Waals surface area contributed by atoms with Crippen molar-refractivity contribution < 1.29 is 24.1 Å². The van der Waals surface area contributed by atoms with Gasteiger partial charge < -0.3 is 19.3 Å². The molecule has 5 heteroatoms. The van der Waals surface area contributed by atoms with Crippen molar-refractivity contribution in [2.45, 2.75) is 12.7 Å². The van der Waals surface area contributed by atoms with Crippen LogP contribution < -0.4 is 14.2 Å². The van der Waals surface area contributed by atoms with Crippen LogP contribution in [-0.4, -0.2) is 18.2 Å². The van der Waals surface area contributed by atoms with Crippen LogP contribution in [-0.2, 0) is 11.2 Å². The van der Waals surface area contributed by atoms with Gasteiger partial charge in [-0.05, 0) is 29.8 Å². The van der Waals surface area contributed by atoms with Crippen molar-refractivity contribution in [3.8, 4) is 17.2 Å². The van der Waals surface area contributed by atoms with Gasteiger partial charge in [-0.15, -0.1) is 0 Å². The van der Waals surface area contributed by atoms with E-state index in [0.717, 1.165) is 11.3 Å². The molecule has 0 aromatic heterocycles. The van der Waals surface area contributed by atoms with E-state index in [-0.39, 0.29) is 6.42 Å². The predicted octanol–water partition coefficient (Wildman–Crippen LogP) is 2.79. The number of hydrogen-bond donors (Lipinski definition) is 1. The van der Waals surface area contributed by atoms with E-state index in [1.54, 1.807) is 25.3 Å². The molecule has 108 valence electrons. The van der Waals surface area contributed by atoms with E-state index in [9.17, 15) is 4.79 Å². The summed E-state index contributed by atoms with van der Waals surface area (Å²) in [6.07, 6.45) is -0.587. The zero-order chi connectivity index (χ0) is 14.8. The van der Waals surface area contributed by atoms with E-state index in [1.165, 1.54) is 0 Å². The Bertz CT molecular complexity index is 680. The molecule has 1 aliphatic rings. The Labute approximate surface area is 121 Å². The zero-order valence-electron chi connectivity index (χ0n) is 11.4. The van der Waals surface area contributed by atoms with Crippen LogP contribution in [0.25, 0.3) is 0 Å². The van der Waals surface area contributed by atoms with Gasteiger partial charge in [0.15, 0.2) is 11.5 Å². The Hall–Kier alpha value is -2.69. The summed E-state index contributed by atoms with van der Waals surface area (Å²) in [4.78, 5) is 10.7. The number of hydrogen-bond acceptors (Lipinski definition) is 4. The van der Waals surface area contributed by atoms with Crippen LogP contribution in [0.4, 0.5) is 0 Å². The predicted molar refractivity (Wildman–Crippen MR) is 74.8 cm³/mol. The molecule has 0 saturated carbocycles. The van der Waals surface area contributed by atoms with Crippen LogP contribution in [0, 0.1) is 0 Å². The number of rotatable bonds is 4. The molecule has 1 heterocycles. The maximum absolute atomic E-state index is 10.7. The van der Waals surface area contributed by atoms with Gasteiger partial charge in [0.05, 0.1) is 13.5 Å². The first kappa shape index (κ1) is 13.3. The van der Waals surface area contributed by atoms with E-state index in [1.807, 2.05) is 24.3 Å². The third kappa shape index (κ3) is 2.76. The van der Waals surface area contributed by atoms with Crippen molar-refractivity contribution in [1.82, 2.24) is 0 Å². The van der Waals surface area contributed by atoms with Gasteiger partial charge >= 0.3 is 5.97 Å². The Morgan fingerprint density at radius 2 is 2.00 bits per heavy atom. The molecule has 21 heavy (non-hydrogen) atoms. The SMILES string of the molecule is COc1cccc(C2Oc3ccc(CC(=O)O)cc3O2)c1. The molecular weight excluding hydrogens is 272 g/mol. The molecule has 0 aliphatic carbocycles. The Kier molecular flexibility index (Phi) is 3.39. The normalized spacial score (nSPS) is 15.8. The molecule has 0 saturated heterocycles. The van der Waals surface area contributed by atoms with Crippen LogP contribution in [0.15, 0.2) is 42.5 Å². The molecule has 3 rings (SSSR count). The van der Waals surface area contributed by atoms with Crippen molar-refractivity contribution >= 4 is 5.97 Å². The molecular formula is C16H14O5. The Morgan fingerprint density at radius 1 is 1.19 bits per heavy atom. The lowest BCUT2D eigenvalue weighted by Gasteiger charge is -2.11. The van der Waals surface area contributed by atoms with Crippen LogP contribution in [0.1, 0.15) is 17.4 Å². The molecule has 1 N–H and O–H groups in total. The zero-order valence-corrected chi connectivity index (χ0v) is 11.4. The summed E-state index contributed by atoms with van der Waals surface area (Å²) in [5.74, 6) is 1.01. The Balaban J connectivity index is 1.82. The minimum absolute atomic E-state index is 0.0412. The van der Waals surface area contributed by atoms with Crippen molar-refractivity contribution in [3.05, 3.63) is 53.6 Å². The van der Waals surface area contributed by atoms with Gasteiger partial charge in [0.25, 0.3) is 6.29 Å². The molecule has 2 aromatic carbocycles. The van der Waals surface area contributed by atoms with Crippen molar-refractivity contribution in [2.24, 2.45) is 0 Å². The largest absolute Gasteiger partial charge is 0.497 e. The van der Waals surface area contributed by atoms with E-state index in [2.05, 4.69) is 0 Å². The lowest BCUT2D eigenvalue weighted by atomic mass is 10.1. The van der Waals surface area contributed by atoms with Gasteiger partial charge in [-0.1, -0.05) is 18.2 Å². The standard InChI is InChI=1S/C16H14O5/c1-19-12-4-2-3-11(9-12)16-20-13-6-5-10(8-15(17)18)7-14(13)21-16/h2-7,9,16H,8H2,1H3,(H,17,18). The first-order valence-electron chi connectivity index (χ1n) is 6.47. The minimum atomic E-state index is -0.877. The van der Waals surface area contributed by atoms with Gasteiger partial charge in [-0.25, -0.2) is 0 Å². The molecule has 0 fully saturated rings. The first-order valence-corrected chi connectivity index (χ1v) is 6.47. The summed E-state index contributed by atoms with van der Waals surface area (Å²) in [7, 11) is 1.60. The quantitative estimate of drug-likeness (QED) is 0.936. The average Bonchev–Trinajstić information content (AvgIpc) is 2.90. The number of carbonyl (C=O) groups is 1. The van der Waals surface area contributed by atoms with Crippen LogP contribution >= 0.6 is 0 Å². The number of fused-ring (bicyclic) bond motifs is 1. The average molecular weight is 286 g/mol. The summed E-state index contributed by atoms with van der Waals surface area (Å²) in [5, 5.41) is 8.82. The number of methoxy groups -OCH3 is 1. The number of carboxylic acid groups (broad SMARTS) is 1. The van der Waals surface area contributed by atoms with Crippen molar-refractivity contribution in [1.29, 1.82) is 0 Å². The maximum Gasteiger partial charge on any atom is 0.307 e. The third-order valence-electron chi connectivity index (χ3n) is 3.20. The number of ether oxygens (including phenoxy) is 3. The molecule has 1 unspecified atom stereocenters. The molecule has 0 bridgehead atoms. The molecule has 1 atom stereocenters. The van der Waals surface area contributed by atoms with Crippen LogP contribution in [0.5, 0.6) is 17.2 Å². The minimum Gasteiger partial charge on any atom is -0.497 e. The monoisotopic (exact) mass is 286 g/mol. The second-order valence-electron chi connectivity index (χ2n) is 4.70. The second kappa shape index (κ2) is 5.36. The number of benzene rings is 2. The van der Waals surface area contributed by atoms with Crippen molar-refractivity contribution in [2.75, 3.05) is 7.11 Å². The molecule has 5 nitrogen and oxygen atoms in total. The topological polar surface area (TPSA) is 65.0 Å². The summed E-state index contributed by atoms with van der Waals surface area (Å²) in [6, 6.07) is 12.6. The third-order valence-corrected chi connectivity index (χ3v) is 3.20. The van der Waals surface area contributed by atoms with Gasteiger partial charge in [0.2, 0.25) is 0 Å². The first-order chi connectivity index (χ1) is 10.2. The van der Waals surface area contributed by atoms with E-state index < -0.39 is 12.3 Å². The lowest BCUT2D eigenvalue weighted by molar-refractivity contribution is -0.136. The van der Waals surface area contributed by atoms with Gasteiger partial charge in [-0.2, -0.15) is 0 Å². The van der Waals surface area contributed by atoms with E-state index in [4.69, 9.17) is 19.3 Å². The fourth-order valence-electron chi connectivity index (χ4n) is 2.21. The molecule has 0 spiro atoms.